The summed E-state index contributed by atoms with van der Waals surface area (Å²) in [6, 6.07) is 0. The SMILES string of the molecule is COC(=O)CC1(CN2CCC[C@H](O)C2)CC1. The molecular weight excluding hydrogens is 206 g/mol. The standard InChI is InChI=1S/C12H21NO3/c1-16-11(15)7-12(4-5-12)9-13-6-2-3-10(14)8-13/h10,14H,2-9H2,1H3/t10-/m0/s1. The molecule has 0 bridgehead atoms. The smallest absolute Gasteiger partial charge is 0.306 e. The van der Waals surface area contributed by atoms with Crippen LogP contribution in [0.25, 0.3) is 0 Å². The van der Waals surface area contributed by atoms with Gasteiger partial charge < -0.3 is 14.7 Å². The number of methoxy groups -OCH3 is 1. The molecule has 2 aliphatic rings. The molecule has 1 heterocycles. The van der Waals surface area contributed by atoms with Gasteiger partial charge in [0.2, 0.25) is 0 Å². The molecule has 0 unspecified atom stereocenters. The molecule has 4 nitrogen and oxygen atoms in total. The molecule has 4 heteroatoms. The highest BCUT2D eigenvalue weighted by Crippen LogP contribution is 2.49. The van der Waals surface area contributed by atoms with Gasteiger partial charge in [0.25, 0.3) is 0 Å². The predicted octanol–water partition coefficient (Wildman–Crippen LogP) is 0.786. The number of piperidine rings is 1. The Morgan fingerprint density at radius 1 is 1.56 bits per heavy atom. The first-order chi connectivity index (χ1) is 7.63. The number of β-amino-alcohol motifs (C(OH)–C–C–N with tert-alkyl or cyclic N) is 1. The Labute approximate surface area is 96.6 Å². The Bertz CT molecular complexity index is 263. The summed E-state index contributed by atoms with van der Waals surface area (Å²) in [7, 11) is 1.45. The summed E-state index contributed by atoms with van der Waals surface area (Å²) in [5, 5.41) is 9.59. The second-order valence-corrected chi connectivity index (χ2v) is 5.28. The van der Waals surface area contributed by atoms with Crippen LogP contribution in [-0.4, -0.2) is 48.8 Å². The molecule has 0 spiro atoms. The average Bonchev–Trinajstić information content (AvgIpc) is 2.97. The van der Waals surface area contributed by atoms with Gasteiger partial charge in [0.1, 0.15) is 0 Å². The summed E-state index contributed by atoms with van der Waals surface area (Å²) in [4.78, 5) is 13.6. The number of esters is 1. The van der Waals surface area contributed by atoms with Gasteiger partial charge in [-0.15, -0.1) is 0 Å². The molecule has 0 radical (unpaired) electrons. The van der Waals surface area contributed by atoms with E-state index in [1.165, 1.54) is 7.11 Å². The minimum Gasteiger partial charge on any atom is -0.469 e. The van der Waals surface area contributed by atoms with Crippen LogP contribution in [-0.2, 0) is 9.53 Å². The van der Waals surface area contributed by atoms with E-state index in [1.807, 2.05) is 0 Å². The van der Waals surface area contributed by atoms with Gasteiger partial charge >= 0.3 is 5.97 Å². The van der Waals surface area contributed by atoms with Crippen molar-refractivity contribution in [2.24, 2.45) is 5.41 Å². The van der Waals surface area contributed by atoms with E-state index < -0.39 is 0 Å². The van der Waals surface area contributed by atoms with Crippen molar-refractivity contribution in [1.29, 1.82) is 0 Å². The lowest BCUT2D eigenvalue weighted by Crippen LogP contribution is -2.41. The van der Waals surface area contributed by atoms with Crippen molar-refractivity contribution in [3.05, 3.63) is 0 Å². The molecule has 0 aromatic heterocycles. The highest BCUT2D eigenvalue weighted by Gasteiger charge is 2.46. The van der Waals surface area contributed by atoms with Crippen LogP contribution in [0.4, 0.5) is 0 Å². The molecular formula is C12H21NO3. The number of likely N-dealkylation sites (tertiary alicyclic amines) is 1. The molecule has 1 aliphatic heterocycles. The maximum atomic E-state index is 11.3. The van der Waals surface area contributed by atoms with Crippen molar-refractivity contribution < 1.29 is 14.6 Å². The molecule has 16 heavy (non-hydrogen) atoms. The lowest BCUT2D eigenvalue weighted by Gasteiger charge is -2.32. The first-order valence-electron chi connectivity index (χ1n) is 6.11. The Kier molecular flexibility index (Phi) is 3.50. The third kappa shape index (κ3) is 2.95. The summed E-state index contributed by atoms with van der Waals surface area (Å²) in [6.45, 7) is 2.77. The number of hydrogen-bond acceptors (Lipinski definition) is 4. The third-order valence-corrected chi connectivity index (χ3v) is 3.74. The summed E-state index contributed by atoms with van der Waals surface area (Å²) in [5.74, 6) is -0.102. The Balaban J connectivity index is 1.81. The predicted molar refractivity (Wildman–Crippen MR) is 60.0 cm³/mol. The lowest BCUT2D eigenvalue weighted by molar-refractivity contribution is -0.142. The molecule has 0 amide bonds. The number of ether oxygens (including phenoxy) is 1. The van der Waals surface area contributed by atoms with Gasteiger partial charge in [-0.3, -0.25) is 4.79 Å². The van der Waals surface area contributed by atoms with Crippen LogP contribution < -0.4 is 0 Å². The monoisotopic (exact) mass is 227 g/mol. The largest absolute Gasteiger partial charge is 0.469 e. The summed E-state index contributed by atoms with van der Waals surface area (Å²) in [5.41, 5.74) is 0.157. The van der Waals surface area contributed by atoms with Crippen molar-refractivity contribution in [3.63, 3.8) is 0 Å². The molecule has 1 saturated carbocycles. The molecule has 0 aromatic carbocycles. The lowest BCUT2D eigenvalue weighted by atomic mass is 9.99. The number of aliphatic hydroxyl groups excluding tert-OH is 1. The highest BCUT2D eigenvalue weighted by molar-refractivity contribution is 5.70. The van der Waals surface area contributed by atoms with E-state index in [-0.39, 0.29) is 17.5 Å². The molecule has 2 rings (SSSR count). The van der Waals surface area contributed by atoms with Crippen LogP contribution in [0.15, 0.2) is 0 Å². The van der Waals surface area contributed by atoms with Gasteiger partial charge in [-0.2, -0.15) is 0 Å². The summed E-state index contributed by atoms with van der Waals surface area (Å²) < 4.78 is 4.73. The maximum absolute atomic E-state index is 11.3. The molecule has 1 atom stereocenters. The minimum atomic E-state index is -0.178. The number of rotatable bonds is 4. The third-order valence-electron chi connectivity index (χ3n) is 3.74. The molecule has 92 valence electrons. The number of hydrogen-bond donors (Lipinski definition) is 1. The van der Waals surface area contributed by atoms with Gasteiger partial charge in [-0.25, -0.2) is 0 Å². The fourth-order valence-electron chi connectivity index (χ4n) is 2.60. The van der Waals surface area contributed by atoms with E-state index in [2.05, 4.69) is 4.90 Å². The number of aliphatic hydroxyl groups is 1. The average molecular weight is 227 g/mol. The van der Waals surface area contributed by atoms with E-state index in [9.17, 15) is 9.90 Å². The molecule has 1 N–H and O–H groups in total. The van der Waals surface area contributed by atoms with Crippen LogP contribution in [0.3, 0.4) is 0 Å². The van der Waals surface area contributed by atoms with Crippen molar-refractivity contribution in [2.75, 3.05) is 26.7 Å². The van der Waals surface area contributed by atoms with Crippen molar-refractivity contribution in [2.45, 2.75) is 38.2 Å². The molecule has 1 saturated heterocycles. The van der Waals surface area contributed by atoms with Gasteiger partial charge in [0.15, 0.2) is 0 Å². The highest BCUT2D eigenvalue weighted by atomic mass is 16.5. The van der Waals surface area contributed by atoms with Gasteiger partial charge in [-0.1, -0.05) is 0 Å². The molecule has 1 aliphatic carbocycles. The van der Waals surface area contributed by atoms with E-state index in [1.54, 1.807) is 0 Å². The Morgan fingerprint density at radius 3 is 2.88 bits per heavy atom. The molecule has 2 fully saturated rings. The zero-order valence-electron chi connectivity index (χ0n) is 9.95. The van der Waals surface area contributed by atoms with Crippen LogP contribution in [0.2, 0.25) is 0 Å². The van der Waals surface area contributed by atoms with Crippen LogP contribution in [0.5, 0.6) is 0 Å². The minimum absolute atomic E-state index is 0.102. The van der Waals surface area contributed by atoms with E-state index in [0.29, 0.717) is 6.42 Å². The van der Waals surface area contributed by atoms with Crippen molar-refractivity contribution in [1.82, 2.24) is 4.90 Å². The van der Waals surface area contributed by atoms with Crippen LogP contribution in [0, 0.1) is 5.41 Å². The van der Waals surface area contributed by atoms with E-state index in [0.717, 1.165) is 45.3 Å². The van der Waals surface area contributed by atoms with Crippen LogP contribution in [0.1, 0.15) is 32.1 Å². The Morgan fingerprint density at radius 2 is 2.31 bits per heavy atom. The second kappa shape index (κ2) is 4.72. The number of carbonyl (C=O) groups excluding carboxylic acids is 1. The summed E-state index contributed by atoms with van der Waals surface area (Å²) in [6.07, 6.45) is 4.58. The quantitative estimate of drug-likeness (QED) is 0.721. The fraction of sp³-hybridized carbons (Fsp3) is 0.917. The summed E-state index contributed by atoms with van der Waals surface area (Å²) >= 11 is 0. The molecule has 0 aromatic rings. The van der Waals surface area contributed by atoms with Gasteiger partial charge in [0.05, 0.1) is 19.6 Å². The zero-order valence-corrected chi connectivity index (χ0v) is 9.95. The van der Waals surface area contributed by atoms with Crippen molar-refractivity contribution >= 4 is 5.97 Å². The first kappa shape index (κ1) is 11.9. The van der Waals surface area contributed by atoms with E-state index in [4.69, 9.17) is 4.74 Å². The van der Waals surface area contributed by atoms with Crippen LogP contribution >= 0.6 is 0 Å². The van der Waals surface area contributed by atoms with Gasteiger partial charge in [-0.05, 0) is 37.6 Å². The van der Waals surface area contributed by atoms with Crippen molar-refractivity contribution in [3.8, 4) is 0 Å². The number of carbonyl (C=O) groups is 1. The van der Waals surface area contributed by atoms with Gasteiger partial charge in [0, 0.05) is 13.1 Å². The first-order valence-corrected chi connectivity index (χ1v) is 6.11. The fourth-order valence-corrected chi connectivity index (χ4v) is 2.60. The normalized spacial score (nSPS) is 28.8. The second-order valence-electron chi connectivity index (χ2n) is 5.28. The Hall–Kier alpha value is -0.610. The zero-order chi connectivity index (χ0) is 11.6. The maximum Gasteiger partial charge on any atom is 0.306 e. The van der Waals surface area contributed by atoms with E-state index >= 15 is 0 Å². The topological polar surface area (TPSA) is 49.8 Å². The number of nitrogens with zero attached hydrogens (tertiary/aromatic N) is 1.